The highest BCUT2D eigenvalue weighted by Gasteiger charge is 1.94. The molecule has 0 aliphatic carbocycles. The summed E-state index contributed by atoms with van der Waals surface area (Å²) in [6.45, 7) is 5.00. The first kappa shape index (κ1) is 6.95. The van der Waals surface area contributed by atoms with Crippen LogP contribution in [0, 0.1) is 0 Å². The molecular formula is C6H8O2. The highest BCUT2D eigenvalue weighted by molar-refractivity contribution is 5.88. The van der Waals surface area contributed by atoms with Gasteiger partial charge in [-0.2, -0.15) is 0 Å². The van der Waals surface area contributed by atoms with E-state index in [1.54, 1.807) is 13.0 Å². The van der Waals surface area contributed by atoms with Crippen LogP contribution in [0.15, 0.2) is 24.3 Å². The SMILES string of the molecule is C=C(/C=C/C)C(=O)O. The molecule has 2 nitrogen and oxygen atoms in total. The highest BCUT2D eigenvalue weighted by atomic mass is 16.4. The highest BCUT2D eigenvalue weighted by Crippen LogP contribution is 1.89. The zero-order valence-electron chi connectivity index (χ0n) is 4.72. The molecule has 2 heteroatoms. The zero-order chi connectivity index (χ0) is 6.57. The monoisotopic (exact) mass is 112 g/mol. The molecule has 0 radical (unpaired) electrons. The van der Waals surface area contributed by atoms with Gasteiger partial charge in [-0.1, -0.05) is 18.7 Å². The van der Waals surface area contributed by atoms with Gasteiger partial charge < -0.3 is 5.11 Å². The molecule has 0 saturated carbocycles. The van der Waals surface area contributed by atoms with E-state index in [-0.39, 0.29) is 5.57 Å². The number of allylic oxidation sites excluding steroid dienone is 1. The topological polar surface area (TPSA) is 37.3 Å². The van der Waals surface area contributed by atoms with Gasteiger partial charge in [0.2, 0.25) is 0 Å². The van der Waals surface area contributed by atoms with Gasteiger partial charge in [-0.25, -0.2) is 4.79 Å². The van der Waals surface area contributed by atoms with Crippen LogP contribution in [0.2, 0.25) is 0 Å². The van der Waals surface area contributed by atoms with E-state index in [1.165, 1.54) is 6.08 Å². The third kappa shape index (κ3) is 2.18. The molecule has 0 aromatic rings. The molecule has 8 heavy (non-hydrogen) atoms. The second-order valence-corrected chi connectivity index (χ2v) is 1.33. The summed E-state index contributed by atoms with van der Waals surface area (Å²) in [5, 5.41) is 8.16. The second-order valence-electron chi connectivity index (χ2n) is 1.33. The fourth-order valence-corrected chi connectivity index (χ4v) is 0.272. The minimum Gasteiger partial charge on any atom is -0.478 e. The van der Waals surface area contributed by atoms with Crippen molar-refractivity contribution in [3.05, 3.63) is 24.3 Å². The van der Waals surface area contributed by atoms with Crippen LogP contribution in [-0.4, -0.2) is 11.1 Å². The molecule has 0 unspecified atom stereocenters. The molecule has 0 rings (SSSR count). The third-order valence-corrected chi connectivity index (χ3v) is 0.643. The summed E-state index contributed by atoms with van der Waals surface area (Å²) < 4.78 is 0. The largest absolute Gasteiger partial charge is 0.478 e. The maximum atomic E-state index is 9.94. The Morgan fingerprint density at radius 3 is 2.38 bits per heavy atom. The van der Waals surface area contributed by atoms with Gasteiger partial charge in [0.25, 0.3) is 0 Å². The summed E-state index contributed by atoms with van der Waals surface area (Å²) in [6, 6.07) is 0. The quantitative estimate of drug-likeness (QED) is 0.430. The summed E-state index contributed by atoms with van der Waals surface area (Å²) in [6.07, 6.45) is 3.08. The standard InChI is InChI=1S/C6H8O2/c1-3-4-5(2)6(7)8/h3-4H,2H2,1H3,(H,7,8)/b4-3+. The molecule has 44 valence electrons. The fourth-order valence-electron chi connectivity index (χ4n) is 0.272. The third-order valence-electron chi connectivity index (χ3n) is 0.643. The maximum absolute atomic E-state index is 9.94. The first-order chi connectivity index (χ1) is 3.68. The first-order valence-corrected chi connectivity index (χ1v) is 2.23. The summed E-state index contributed by atoms with van der Waals surface area (Å²) in [5.41, 5.74) is 0.118. The van der Waals surface area contributed by atoms with Crippen molar-refractivity contribution in [3.63, 3.8) is 0 Å². The van der Waals surface area contributed by atoms with Crippen molar-refractivity contribution in [2.24, 2.45) is 0 Å². The van der Waals surface area contributed by atoms with Gasteiger partial charge in [0.15, 0.2) is 0 Å². The van der Waals surface area contributed by atoms with E-state index in [0.717, 1.165) is 0 Å². The summed E-state index contributed by atoms with van der Waals surface area (Å²) in [4.78, 5) is 9.94. The van der Waals surface area contributed by atoms with Crippen molar-refractivity contribution in [1.29, 1.82) is 0 Å². The van der Waals surface area contributed by atoms with Crippen molar-refractivity contribution >= 4 is 5.97 Å². The molecule has 0 amide bonds. The van der Waals surface area contributed by atoms with Crippen LogP contribution in [0.4, 0.5) is 0 Å². The molecule has 0 saturated heterocycles. The van der Waals surface area contributed by atoms with E-state index in [9.17, 15) is 4.79 Å². The lowest BCUT2D eigenvalue weighted by Gasteiger charge is -1.84. The molecule has 0 spiro atoms. The first-order valence-electron chi connectivity index (χ1n) is 2.23. The van der Waals surface area contributed by atoms with Crippen molar-refractivity contribution in [2.75, 3.05) is 0 Å². The number of hydrogen-bond acceptors (Lipinski definition) is 1. The van der Waals surface area contributed by atoms with E-state index in [2.05, 4.69) is 6.58 Å². The van der Waals surface area contributed by atoms with E-state index in [1.807, 2.05) is 0 Å². The van der Waals surface area contributed by atoms with Gasteiger partial charge >= 0.3 is 5.97 Å². The minimum atomic E-state index is -0.969. The fraction of sp³-hybridized carbons (Fsp3) is 0.167. The summed E-state index contributed by atoms with van der Waals surface area (Å²) >= 11 is 0. The molecule has 0 aliphatic rings. The molecule has 1 N–H and O–H groups in total. The van der Waals surface area contributed by atoms with Gasteiger partial charge in [0.05, 0.1) is 5.57 Å². The molecule has 0 aromatic heterocycles. The van der Waals surface area contributed by atoms with Crippen molar-refractivity contribution < 1.29 is 9.90 Å². The summed E-state index contributed by atoms with van der Waals surface area (Å²) in [7, 11) is 0. The maximum Gasteiger partial charge on any atom is 0.335 e. The van der Waals surface area contributed by atoms with E-state index in [4.69, 9.17) is 5.11 Å². The Bertz CT molecular complexity index is 133. The number of carboxylic acids is 1. The predicted octanol–water partition coefficient (Wildman–Crippen LogP) is 1.20. The van der Waals surface area contributed by atoms with Crippen LogP contribution in [-0.2, 0) is 4.79 Å². The van der Waals surface area contributed by atoms with Crippen molar-refractivity contribution in [1.82, 2.24) is 0 Å². The number of carbonyl (C=O) groups is 1. The smallest absolute Gasteiger partial charge is 0.335 e. The lowest BCUT2D eigenvalue weighted by atomic mass is 10.3. The van der Waals surface area contributed by atoms with Crippen molar-refractivity contribution in [3.8, 4) is 0 Å². The van der Waals surface area contributed by atoms with Crippen LogP contribution >= 0.6 is 0 Å². The molecular weight excluding hydrogens is 104 g/mol. The van der Waals surface area contributed by atoms with E-state index in [0.29, 0.717) is 0 Å². The number of aliphatic carboxylic acids is 1. The minimum absolute atomic E-state index is 0.118. The molecule has 0 atom stereocenters. The average molecular weight is 112 g/mol. The van der Waals surface area contributed by atoms with Gasteiger partial charge in [-0.15, -0.1) is 0 Å². The Morgan fingerprint density at radius 2 is 2.25 bits per heavy atom. The molecule has 0 aliphatic heterocycles. The Morgan fingerprint density at radius 1 is 1.75 bits per heavy atom. The molecule has 0 bridgehead atoms. The Kier molecular flexibility index (Phi) is 2.62. The van der Waals surface area contributed by atoms with Gasteiger partial charge in [-0.3, -0.25) is 0 Å². The number of carboxylic acid groups (broad SMARTS) is 1. The van der Waals surface area contributed by atoms with Crippen LogP contribution in [0.5, 0.6) is 0 Å². The zero-order valence-corrected chi connectivity index (χ0v) is 4.72. The Balaban J connectivity index is 3.85. The Labute approximate surface area is 48.1 Å². The molecule has 0 fully saturated rings. The van der Waals surface area contributed by atoms with Gasteiger partial charge in [0.1, 0.15) is 0 Å². The van der Waals surface area contributed by atoms with Crippen LogP contribution in [0.25, 0.3) is 0 Å². The van der Waals surface area contributed by atoms with Crippen LogP contribution < -0.4 is 0 Å². The van der Waals surface area contributed by atoms with Gasteiger partial charge in [0, 0.05) is 0 Å². The number of hydrogen-bond donors (Lipinski definition) is 1. The van der Waals surface area contributed by atoms with Gasteiger partial charge in [-0.05, 0) is 6.92 Å². The second kappa shape index (κ2) is 3.02. The predicted molar refractivity (Wildman–Crippen MR) is 31.6 cm³/mol. The van der Waals surface area contributed by atoms with Crippen molar-refractivity contribution in [2.45, 2.75) is 6.92 Å². The van der Waals surface area contributed by atoms with E-state index < -0.39 is 5.97 Å². The Hall–Kier alpha value is -1.05. The number of rotatable bonds is 2. The van der Waals surface area contributed by atoms with Crippen LogP contribution in [0.3, 0.4) is 0 Å². The lowest BCUT2D eigenvalue weighted by molar-refractivity contribution is -0.132. The molecule has 0 heterocycles. The van der Waals surface area contributed by atoms with E-state index >= 15 is 0 Å². The summed E-state index contributed by atoms with van der Waals surface area (Å²) in [5.74, 6) is -0.969. The molecule has 0 aromatic carbocycles. The van der Waals surface area contributed by atoms with Crippen LogP contribution in [0.1, 0.15) is 6.92 Å². The average Bonchev–Trinajstić information content (AvgIpc) is 1.67. The lowest BCUT2D eigenvalue weighted by Crippen LogP contribution is -1.94. The normalized spacial score (nSPS) is 9.62.